The summed E-state index contributed by atoms with van der Waals surface area (Å²) in [6.07, 6.45) is -1.74. The predicted octanol–water partition coefficient (Wildman–Crippen LogP) is 5.31. The van der Waals surface area contributed by atoms with Gasteiger partial charge in [-0.2, -0.15) is 13.2 Å². The molecule has 33 heavy (non-hydrogen) atoms. The van der Waals surface area contributed by atoms with Gasteiger partial charge in [-0.3, -0.25) is 0 Å². The highest BCUT2D eigenvalue weighted by Crippen LogP contribution is 2.50. The summed E-state index contributed by atoms with van der Waals surface area (Å²) in [6, 6.07) is 5.96. The first-order valence-corrected chi connectivity index (χ1v) is 10.0. The molecule has 1 aromatic carbocycles. The Morgan fingerprint density at radius 1 is 1.09 bits per heavy atom. The molecule has 0 saturated carbocycles. The summed E-state index contributed by atoms with van der Waals surface area (Å²) >= 11 is 11.9. The smallest absolute Gasteiger partial charge is 0.422 e. The Kier molecular flexibility index (Phi) is 7.11. The molecular formula is C21H16Cl2F3N3O4. The van der Waals surface area contributed by atoms with Crippen molar-refractivity contribution in [2.24, 2.45) is 0 Å². The van der Waals surface area contributed by atoms with Crippen molar-refractivity contribution in [2.75, 3.05) is 7.11 Å². The average Bonchev–Trinajstić information content (AvgIpc) is 2.78. The molecule has 0 saturated heterocycles. The summed E-state index contributed by atoms with van der Waals surface area (Å²) < 4.78 is 52.4. The van der Waals surface area contributed by atoms with Gasteiger partial charge in [0, 0.05) is 17.1 Å². The van der Waals surface area contributed by atoms with Crippen LogP contribution in [0, 0.1) is 0 Å². The lowest BCUT2D eigenvalue weighted by molar-refractivity contribution is -0.274. The standard InChI is InChI=1S/C21H16Cl2F3N3O4/c1-11(20(31,21(24,25)26)12-5-6-27-17(23)7-12)14-8-13(3-4-15(14)22)33-18-10-28-16(9-29-18)19(30)32-2/h3-11,31H,1-2H3. The highest BCUT2D eigenvalue weighted by atomic mass is 35.5. The van der Waals surface area contributed by atoms with Gasteiger partial charge in [0.25, 0.3) is 0 Å². The van der Waals surface area contributed by atoms with E-state index in [9.17, 15) is 23.1 Å². The summed E-state index contributed by atoms with van der Waals surface area (Å²) in [5.74, 6) is -2.21. The van der Waals surface area contributed by atoms with Crippen molar-refractivity contribution >= 4 is 29.2 Å². The normalized spacial score (nSPS) is 14.3. The van der Waals surface area contributed by atoms with Gasteiger partial charge >= 0.3 is 12.1 Å². The van der Waals surface area contributed by atoms with Gasteiger partial charge in [0.1, 0.15) is 10.9 Å². The monoisotopic (exact) mass is 501 g/mol. The Balaban J connectivity index is 1.98. The molecule has 2 unspecified atom stereocenters. The molecule has 0 radical (unpaired) electrons. The van der Waals surface area contributed by atoms with Crippen molar-refractivity contribution in [3.05, 3.63) is 75.9 Å². The van der Waals surface area contributed by atoms with Crippen LogP contribution in [0.5, 0.6) is 11.6 Å². The zero-order valence-corrected chi connectivity index (χ0v) is 18.6. The number of esters is 1. The number of pyridine rings is 1. The van der Waals surface area contributed by atoms with Crippen molar-refractivity contribution in [1.82, 2.24) is 15.0 Å². The van der Waals surface area contributed by atoms with Crippen LogP contribution in [0.2, 0.25) is 10.2 Å². The zero-order valence-electron chi connectivity index (χ0n) is 17.1. The molecule has 0 spiro atoms. The third-order valence-corrected chi connectivity index (χ3v) is 5.46. The largest absolute Gasteiger partial charge is 0.464 e. The fourth-order valence-electron chi connectivity index (χ4n) is 3.14. The van der Waals surface area contributed by atoms with Crippen LogP contribution in [0.4, 0.5) is 13.2 Å². The SMILES string of the molecule is COC(=O)c1cnc(Oc2ccc(Cl)c(C(C)C(O)(c3ccnc(Cl)c3)C(F)(F)F)c2)cn1. The number of rotatable bonds is 6. The number of ether oxygens (including phenoxy) is 2. The molecule has 2 aromatic heterocycles. The number of carbonyl (C=O) groups excluding carboxylic acids is 1. The molecule has 0 bridgehead atoms. The van der Waals surface area contributed by atoms with E-state index < -0.39 is 29.2 Å². The van der Waals surface area contributed by atoms with E-state index in [0.717, 1.165) is 30.7 Å². The second kappa shape index (κ2) is 9.50. The number of nitrogens with zero attached hydrogens (tertiary/aromatic N) is 3. The fraction of sp³-hybridized carbons (Fsp3) is 0.238. The van der Waals surface area contributed by atoms with Gasteiger partial charge in [-0.05, 0) is 41.5 Å². The minimum atomic E-state index is -5.08. The van der Waals surface area contributed by atoms with Gasteiger partial charge in [-0.15, -0.1) is 0 Å². The fourth-order valence-corrected chi connectivity index (χ4v) is 3.60. The molecule has 2 atom stereocenters. The van der Waals surface area contributed by atoms with Crippen LogP contribution < -0.4 is 4.74 Å². The van der Waals surface area contributed by atoms with E-state index >= 15 is 0 Å². The Morgan fingerprint density at radius 2 is 1.82 bits per heavy atom. The van der Waals surface area contributed by atoms with Crippen molar-refractivity contribution in [3.63, 3.8) is 0 Å². The van der Waals surface area contributed by atoms with Crippen LogP contribution in [0.3, 0.4) is 0 Å². The quantitative estimate of drug-likeness (QED) is 0.361. The van der Waals surface area contributed by atoms with Crippen LogP contribution in [0.25, 0.3) is 0 Å². The Hall–Kier alpha value is -2.95. The van der Waals surface area contributed by atoms with Crippen LogP contribution in [-0.4, -0.2) is 39.3 Å². The average molecular weight is 502 g/mol. The van der Waals surface area contributed by atoms with E-state index in [-0.39, 0.29) is 33.1 Å². The third kappa shape index (κ3) is 5.02. The predicted molar refractivity (Wildman–Crippen MR) is 113 cm³/mol. The first kappa shape index (κ1) is 24.7. The molecule has 12 heteroatoms. The number of alkyl halides is 3. The van der Waals surface area contributed by atoms with E-state index in [1.807, 2.05) is 0 Å². The van der Waals surface area contributed by atoms with Crippen LogP contribution in [-0.2, 0) is 10.3 Å². The number of methoxy groups -OCH3 is 1. The molecule has 2 heterocycles. The van der Waals surface area contributed by atoms with Gasteiger partial charge in [0.05, 0.1) is 19.5 Å². The molecule has 0 aliphatic rings. The molecule has 174 valence electrons. The maximum atomic E-state index is 14.1. The molecule has 3 aromatic rings. The third-order valence-electron chi connectivity index (χ3n) is 4.90. The maximum absolute atomic E-state index is 14.1. The molecule has 3 rings (SSSR count). The first-order valence-electron chi connectivity index (χ1n) is 9.26. The summed E-state index contributed by atoms with van der Waals surface area (Å²) in [7, 11) is 1.19. The Bertz CT molecular complexity index is 1160. The zero-order chi connectivity index (χ0) is 24.4. The molecule has 7 nitrogen and oxygen atoms in total. The van der Waals surface area contributed by atoms with Crippen molar-refractivity contribution in [1.29, 1.82) is 0 Å². The first-order chi connectivity index (χ1) is 15.5. The van der Waals surface area contributed by atoms with Crippen molar-refractivity contribution in [3.8, 4) is 11.6 Å². The minimum absolute atomic E-state index is 0.0233. The lowest BCUT2D eigenvalue weighted by Crippen LogP contribution is -2.46. The van der Waals surface area contributed by atoms with E-state index in [1.165, 1.54) is 32.2 Å². The summed E-state index contributed by atoms with van der Waals surface area (Å²) in [5, 5.41) is 10.7. The van der Waals surface area contributed by atoms with Gasteiger partial charge in [0.15, 0.2) is 11.3 Å². The van der Waals surface area contributed by atoms with E-state index in [1.54, 1.807) is 0 Å². The molecule has 0 amide bonds. The van der Waals surface area contributed by atoms with Crippen molar-refractivity contribution in [2.45, 2.75) is 24.6 Å². The molecule has 0 aliphatic carbocycles. The number of halogens is 5. The second-order valence-corrected chi connectivity index (χ2v) is 7.66. The lowest BCUT2D eigenvalue weighted by Gasteiger charge is -2.37. The summed E-state index contributed by atoms with van der Waals surface area (Å²) in [6.45, 7) is 1.18. The van der Waals surface area contributed by atoms with Crippen LogP contribution in [0.1, 0.15) is 34.5 Å². The van der Waals surface area contributed by atoms with Gasteiger partial charge in [0.2, 0.25) is 5.88 Å². The number of benzene rings is 1. The molecular weight excluding hydrogens is 486 g/mol. The molecule has 0 aliphatic heterocycles. The Labute approximate surface area is 196 Å². The summed E-state index contributed by atoms with van der Waals surface area (Å²) in [4.78, 5) is 22.9. The topological polar surface area (TPSA) is 94.4 Å². The maximum Gasteiger partial charge on any atom is 0.422 e. The molecule has 0 fully saturated rings. The number of hydrogen-bond donors (Lipinski definition) is 1. The number of aliphatic hydroxyl groups is 1. The van der Waals surface area contributed by atoms with Gasteiger partial charge in [-0.25, -0.2) is 19.7 Å². The second-order valence-electron chi connectivity index (χ2n) is 6.87. The molecule has 1 N–H and O–H groups in total. The highest BCUT2D eigenvalue weighted by molar-refractivity contribution is 6.31. The number of carbonyl (C=O) groups is 1. The van der Waals surface area contributed by atoms with E-state index in [0.29, 0.717) is 0 Å². The van der Waals surface area contributed by atoms with E-state index in [2.05, 4.69) is 19.7 Å². The highest BCUT2D eigenvalue weighted by Gasteiger charge is 2.59. The summed E-state index contributed by atoms with van der Waals surface area (Å²) in [5.41, 5.74) is -3.92. The minimum Gasteiger partial charge on any atom is -0.464 e. The van der Waals surface area contributed by atoms with Crippen LogP contribution >= 0.6 is 23.2 Å². The van der Waals surface area contributed by atoms with Gasteiger partial charge in [-0.1, -0.05) is 30.1 Å². The Morgan fingerprint density at radius 3 is 2.39 bits per heavy atom. The van der Waals surface area contributed by atoms with Crippen LogP contribution in [0.15, 0.2) is 48.9 Å². The number of aromatic nitrogens is 3. The number of hydrogen-bond acceptors (Lipinski definition) is 7. The van der Waals surface area contributed by atoms with E-state index in [4.69, 9.17) is 27.9 Å². The van der Waals surface area contributed by atoms with Crippen molar-refractivity contribution < 1.29 is 32.5 Å². The lowest BCUT2D eigenvalue weighted by atomic mass is 9.78. The van der Waals surface area contributed by atoms with Gasteiger partial charge < -0.3 is 14.6 Å².